The highest BCUT2D eigenvalue weighted by Gasteiger charge is 2.26. The average molecular weight is 288 g/mol. The summed E-state index contributed by atoms with van der Waals surface area (Å²) in [4.78, 5) is 21.5. The third-order valence-corrected chi connectivity index (χ3v) is 3.83. The molecule has 0 saturated heterocycles. The molecule has 1 atom stereocenters. The Labute approximate surface area is 122 Å². The van der Waals surface area contributed by atoms with Gasteiger partial charge in [-0.15, -0.1) is 0 Å². The third kappa shape index (κ3) is 2.16. The van der Waals surface area contributed by atoms with E-state index in [1.807, 2.05) is 18.2 Å². The fourth-order valence-corrected chi connectivity index (χ4v) is 2.85. The van der Waals surface area contributed by atoms with Crippen molar-refractivity contribution in [1.29, 1.82) is 0 Å². The normalized spacial score (nSPS) is 17.7. The summed E-state index contributed by atoms with van der Waals surface area (Å²) in [6, 6.07) is 8.18. The Morgan fingerprint density at radius 1 is 1.35 bits per heavy atom. The monoisotopic (exact) mass is 287 g/mol. The molecule has 2 heterocycles. The lowest BCUT2D eigenvalue weighted by Gasteiger charge is -2.34. The summed E-state index contributed by atoms with van der Waals surface area (Å²) in [6.07, 6.45) is 3.15. The van der Waals surface area contributed by atoms with Crippen LogP contribution >= 0.6 is 11.6 Å². The van der Waals surface area contributed by atoms with Crippen molar-refractivity contribution in [1.82, 2.24) is 9.97 Å². The van der Waals surface area contributed by atoms with E-state index in [4.69, 9.17) is 11.6 Å². The number of nitrogens with zero attached hydrogens (tertiary/aromatic N) is 3. The number of rotatable bonds is 2. The summed E-state index contributed by atoms with van der Waals surface area (Å²) >= 11 is 6.00. The van der Waals surface area contributed by atoms with E-state index in [1.165, 1.54) is 11.9 Å². The molecule has 2 aromatic rings. The van der Waals surface area contributed by atoms with Crippen molar-refractivity contribution in [3.05, 3.63) is 46.9 Å². The van der Waals surface area contributed by atoms with Crippen molar-refractivity contribution in [3.8, 4) is 0 Å². The van der Waals surface area contributed by atoms with Crippen LogP contribution in [-0.4, -0.2) is 22.8 Å². The molecule has 4 nitrogen and oxygen atoms in total. The third-order valence-electron chi connectivity index (χ3n) is 3.53. The van der Waals surface area contributed by atoms with Gasteiger partial charge in [0.15, 0.2) is 6.29 Å². The van der Waals surface area contributed by atoms with Crippen molar-refractivity contribution < 1.29 is 4.79 Å². The minimum atomic E-state index is 0.195. The molecule has 0 N–H and O–H groups in total. The Balaban J connectivity index is 2.16. The molecule has 5 heteroatoms. The first-order chi connectivity index (χ1) is 9.70. The summed E-state index contributed by atoms with van der Waals surface area (Å²) in [5, 5.41) is 0.195. The predicted octanol–water partition coefficient (Wildman–Crippen LogP) is 3.27. The predicted molar refractivity (Wildman–Crippen MR) is 78.7 cm³/mol. The molecule has 3 rings (SSSR count). The fraction of sp³-hybridized carbons (Fsp3) is 0.267. The van der Waals surface area contributed by atoms with Crippen molar-refractivity contribution in [2.24, 2.45) is 5.92 Å². The molecule has 1 aliphatic heterocycles. The van der Waals surface area contributed by atoms with Gasteiger partial charge in [-0.1, -0.05) is 36.7 Å². The highest BCUT2D eigenvalue weighted by Crippen LogP contribution is 2.36. The van der Waals surface area contributed by atoms with Crippen molar-refractivity contribution in [2.75, 3.05) is 11.4 Å². The molecule has 102 valence electrons. The molecule has 0 spiro atoms. The van der Waals surface area contributed by atoms with Crippen LogP contribution in [0.5, 0.6) is 0 Å². The van der Waals surface area contributed by atoms with Crippen LogP contribution in [-0.2, 0) is 6.42 Å². The fourth-order valence-electron chi connectivity index (χ4n) is 2.68. The SMILES string of the molecule is CC1Cc2ccccc2N(c2ncnc(Cl)c2C=O)C1. The van der Waals surface area contributed by atoms with Crippen LogP contribution in [0.1, 0.15) is 22.8 Å². The molecule has 20 heavy (non-hydrogen) atoms. The van der Waals surface area contributed by atoms with Gasteiger partial charge in [-0.3, -0.25) is 4.79 Å². The number of hydrogen-bond acceptors (Lipinski definition) is 4. The topological polar surface area (TPSA) is 46.1 Å². The molecule has 0 fully saturated rings. The minimum absolute atomic E-state index is 0.195. The van der Waals surface area contributed by atoms with Gasteiger partial charge in [0, 0.05) is 12.2 Å². The summed E-state index contributed by atoms with van der Waals surface area (Å²) in [5.74, 6) is 1.07. The van der Waals surface area contributed by atoms with Crippen LogP contribution in [0.25, 0.3) is 0 Å². The summed E-state index contributed by atoms with van der Waals surface area (Å²) in [6.45, 7) is 3.00. The van der Waals surface area contributed by atoms with Gasteiger partial charge in [0.2, 0.25) is 0 Å². The van der Waals surface area contributed by atoms with Crippen molar-refractivity contribution in [2.45, 2.75) is 13.3 Å². The van der Waals surface area contributed by atoms with Crippen LogP contribution in [0.2, 0.25) is 5.15 Å². The smallest absolute Gasteiger partial charge is 0.156 e. The molecule has 0 radical (unpaired) electrons. The first kappa shape index (κ1) is 13.1. The second-order valence-corrected chi connectivity index (χ2v) is 5.43. The lowest BCUT2D eigenvalue weighted by Crippen LogP contribution is -2.31. The number of halogens is 1. The van der Waals surface area contributed by atoms with Gasteiger partial charge in [0.1, 0.15) is 17.3 Å². The maximum Gasteiger partial charge on any atom is 0.156 e. The molecule has 0 bridgehead atoms. The maximum absolute atomic E-state index is 11.3. The summed E-state index contributed by atoms with van der Waals surface area (Å²) in [7, 11) is 0. The van der Waals surface area contributed by atoms with Gasteiger partial charge in [-0.25, -0.2) is 9.97 Å². The van der Waals surface area contributed by atoms with Crippen LogP contribution in [0, 0.1) is 5.92 Å². The highest BCUT2D eigenvalue weighted by molar-refractivity contribution is 6.32. The summed E-state index contributed by atoms with van der Waals surface area (Å²) in [5.41, 5.74) is 2.69. The van der Waals surface area contributed by atoms with E-state index in [0.717, 1.165) is 24.9 Å². The molecule has 0 saturated carbocycles. The van der Waals surface area contributed by atoms with Gasteiger partial charge in [-0.2, -0.15) is 0 Å². The Kier molecular flexibility index (Phi) is 3.40. The average Bonchev–Trinajstić information content (AvgIpc) is 2.46. The van der Waals surface area contributed by atoms with Crippen LogP contribution in [0.15, 0.2) is 30.6 Å². The van der Waals surface area contributed by atoms with Crippen LogP contribution in [0.3, 0.4) is 0 Å². The van der Waals surface area contributed by atoms with E-state index in [9.17, 15) is 4.79 Å². The lowest BCUT2D eigenvalue weighted by atomic mass is 9.94. The van der Waals surface area contributed by atoms with E-state index in [-0.39, 0.29) is 5.15 Å². The van der Waals surface area contributed by atoms with E-state index in [1.54, 1.807) is 0 Å². The Bertz CT molecular complexity index is 659. The van der Waals surface area contributed by atoms with Crippen LogP contribution in [0.4, 0.5) is 11.5 Å². The number of carbonyl (C=O) groups excluding carboxylic acids is 1. The number of aromatic nitrogens is 2. The standard InChI is InChI=1S/C15H14ClN3O/c1-10-6-11-4-2-3-5-13(11)19(7-10)15-12(8-20)14(16)17-9-18-15/h2-5,8-10H,6-7H2,1H3. The minimum Gasteiger partial charge on any atom is -0.325 e. The van der Waals surface area contributed by atoms with Crippen LogP contribution < -0.4 is 4.90 Å². The van der Waals surface area contributed by atoms with Crippen molar-refractivity contribution in [3.63, 3.8) is 0 Å². The first-order valence-corrected chi connectivity index (χ1v) is 6.89. The van der Waals surface area contributed by atoms with Gasteiger partial charge >= 0.3 is 0 Å². The number of hydrogen-bond donors (Lipinski definition) is 0. The number of anilines is 2. The quantitative estimate of drug-likeness (QED) is 0.628. The van der Waals surface area contributed by atoms with E-state index in [2.05, 4.69) is 27.9 Å². The van der Waals surface area contributed by atoms with Gasteiger partial charge in [0.25, 0.3) is 0 Å². The second kappa shape index (κ2) is 5.21. The Morgan fingerprint density at radius 2 is 2.15 bits per heavy atom. The highest BCUT2D eigenvalue weighted by atomic mass is 35.5. The Hall–Kier alpha value is -1.94. The summed E-state index contributed by atoms with van der Waals surface area (Å²) < 4.78 is 0. The molecule has 1 aromatic carbocycles. The number of carbonyl (C=O) groups is 1. The van der Waals surface area contributed by atoms with E-state index < -0.39 is 0 Å². The molecule has 1 aromatic heterocycles. The molecular formula is C15H14ClN3O. The first-order valence-electron chi connectivity index (χ1n) is 6.52. The lowest BCUT2D eigenvalue weighted by molar-refractivity contribution is 0.112. The second-order valence-electron chi connectivity index (χ2n) is 5.07. The van der Waals surface area contributed by atoms with Gasteiger partial charge in [0.05, 0.1) is 5.56 Å². The molecular weight excluding hydrogens is 274 g/mol. The molecule has 0 amide bonds. The van der Waals surface area contributed by atoms with E-state index in [0.29, 0.717) is 17.3 Å². The van der Waals surface area contributed by atoms with Crippen molar-refractivity contribution >= 4 is 29.4 Å². The zero-order chi connectivity index (χ0) is 14.1. The molecule has 0 aliphatic carbocycles. The molecule has 1 unspecified atom stereocenters. The Morgan fingerprint density at radius 3 is 2.95 bits per heavy atom. The largest absolute Gasteiger partial charge is 0.325 e. The molecule has 1 aliphatic rings. The van der Waals surface area contributed by atoms with E-state index >= 15 is 0 Å². The van der Waals surface area contributed by atoms with Gasteiger partial charge in [-0.05, 0) is 24.0 Å². The number of benzene rings is 1. The number of fused-ring (bicyclic) bond motifs is 1. The number of aldehydes is 1. The maximum atomic E-state index is 11.3. The zero-order valence-electron chi connectivity index (χ0n) is 11.1. The van der Waals surface area contributed by atoms with Gasteiger partial charge < -0.3 is 4.90 Å². The number of para-hydroxylation sites is 1. The zero-order valence-corrected chi connectivity index (χ0v) is 11.8.